The maximum absolute atomic E-state index is 8.40. The smallest absolute Gasteiger partial charge is 0.0625 e. The number of piperazine rings is 1. The van der Waals surface area contributed by atoms with Crippen LogP contribution in [-0.4, -0.2) is 43.7 Å². The number of benzene rings is 1. The van der Waals surface area contributed by atoms with E-state index >= 15 is 0 Å². The van der Waals surface area contributed by atoms with E-state index in [1.165, 1.54) is 43.4 Å². The molecule has 1 aliphatic carbocycles. The van der Waals surface area contributed by atoms with Crippen molar-refractivity contribution in [2.24, 2.45) is 0 Å². The Hall–Kier alpha value is -1.70. The number of likely N-dealkylation sites (N-methyl/N-ethyl adjacent to an activating group) is 1. The van der Waals surface area contributed by atoms with Crippen molar-refractivity contribution < 1.29 is 0 Å². The highest BCUT2D eigenvalue weighted by molar-refractivity contribution is 6.30. The molecule has 5 heteroatoms. The summed E-state index contributed by atoms with van der Waals surface area (Å²) in [5, 5.41) is 12.6. The Bertz CT molecular complexity index is 668. The van der Waals surface area contributed by atoms with E-state index in [0.29, 0.717) is 12.5 Å². The Morgan fingerprint density at radius 3 is 2.52 bits per heavy atom. The van der Waals surface area contributed by atoms with Gasteiger partial charge in [0.05, 0.1) is 6.07 Å². The minimum Gasteiger partial charge on any atom is -0.386 e. The van der Waals surface area contributed by atoms with Crippen LogP contribution in [0, 0.1) is 18.3 Å². The Morgan fingerprint density at radius 2 is 1.90 bits per heavy atom. The average Bonchev–Trinajstić information content (AvgIpc) is 2.75. The zero-order valence-corrected chi connectivity index (χ0v) is 19.0. The third-order valence-corrected chi connectivity index (χ3v) is 6.12. The number of nitrogens with zero attached hydrogens (tertiary/aromatic N) is 3. The number of halogens is 1. The predicted octanol–water partition coefficient (Wildman–Crippen LogP) is 5.52. The third kappa shape index (κ3) is 8.28. The molecule has 0 radical (unpaired) electrons. The quantitative estimate of drug-likeness (QED) is 0.663. The molecule has 4 nitrogen and oxygen atoms in total. The van der Waals surface area contributed by atoms with E-state index in [1.54, 1.807) is 0 Å². The molecule has 1 heterocycles. The number of rotatable bonds is 6. The van der Waals surface area contributed by atoms with Gasteiger partial charge in [0.2, 0.25) is 0 Å². The molecule has 1 aromatic rings. The first-order valence-electron chi connectivity index (χ1n) is 11.1. The first kappa shape index (κ1) is 23.6. The van der Waals surface area contributed by atoms with Crippen LogP contribution >= 0.6 is 11.6 Å². The summed E-state index contributed by atoms with van der Waals surface area (Å²) in [5.74, 6) is 0. The van der Waals surface area contributed by atoms with Crippen molar-refractivity contribution >= 4 is 17.3 Å². The Kier molecular flexibility index (Phi) is 10.4. The molecule has 0 bridgehead atoms. The van der Waals surface area contributed by atoms with Crippen LogP contribution in [0.3, 0.4) is 0 Å². The highest BCUT2D eigenvalue weighted by Gasteiger charge is 2.17. The van der Waals surface area contributed by atoms with E-state index in [9.17, 15) is 0 Å². The maximum atomic E-state index is 8.40. The molecule has 2 aliphatic rings. The second-order valence-electron chi connectivity index (χ2n) is 8.09. The molecule has 0 unspecified atom stereocenters. The Labute approximate surface area is 182 Å². The number of hydrogen-bond donors (Lipinski definition) is 1. The van der Waals surface area contributed by atoms with Crippen LogP contribution in [-0.2, 0) is 0 Å². The molecule has 0 spiro atoms. The summed E-state index contributed by atoms with van der Waals surface area (Å²) in [6.07, 6.45) is 7.97. The molecule has 1 aliphatic heterocycles. The van der Waals surface area contributed by atoms with Crippen molar-refractivity contribution in [3.05, 3.63) is 41.1 Å². The largest absolute Gasteiger partial charge is 0.386 e. The topological polar surface area (TPSA) is 42.3 Å². The molecule has 1 saturated carbocycles. The van der Waals surface area contributed by atoms with Crippen LogP contribution in [0.25, 0.3) is 0 Å². The fourth-order valence-electron chi connectivity index (χ4n) is 4.04. The molecule has 0 aromatic heterocycles. The summed E-state index contributed by atoms with van der Waals surface area (Å²) in [6, 6.07) is 8.90. The Morgan fingerprint density at radius 1 is 1.21 bits per heavy atom. The van der Waals surface area contributed by atoms with Gasteiger partial charge in [0.15, 0.2) is 0 Å². The van der Waals surface area contributed by atoms with Crippen LogP contribution in [0.15, 0.2) is 30.5 Å². The second kappa shape index (κ2) is 12.8. The number of anilines is 1. The van der Waals surface area contributed by atoms with Gasteiger partial charge in [0.1, 0.15) is 0 Å². The van der Waals surface area contributed by atoms with Crippen LogP contribution < -0.4 is 10.2 Å². The molecule has 0 amide bonds. The van der Waals surface area contributed by atoms with Gasteiger partial charge >= 0.3 is 0 Å². The zero-order chi connectivity index (χ0) is 21.1. The van der Waals surface area contributed by atoms with Crippen molar-refractivity contribution in [2.45, 2.75) is 64.8 Å². The molecule has 1 N–H and O–H groups in total. The average molecular weight is 417 g/mol. The third-order valence-electron chi connectivity index (χ3n) is 5.88. The summed E-state index contributed by atoms with van der Waals surface area (Å²) >= 11 is 6.05. The van der Waals surface area contributed by atoms with Crippen LogP contribution in [0.4, 0.5) is 5.69 Å². The van der Waals surface area contributed by atoms with Gasteiger partial charge in [-0.05, 0) is 50.4 Å². The van der Waals surface area contributed by atoms with Gasteiger partial charge in [0, 0.05) is 55.0 Å². The molecule has 29 heavy (non-hydrogen) atoms. The number of nitrogens with one attached hydrogen (secondary N) is 1. The summed E-state index contributed by atoms with van der Waals surface area (Å²) in [4.78, 5) is 4.92. The normalized spacial score (nSPS) is 17.8. The summed E-state index contributed by atoms with van der Waals surface area (Å²) in [6.45, 7) is 14.0. The molecular formula is C24H37ClN4. The number of aryl methyl sites for hydroxylation is 1. The maximum Gasteiger partial charge on any atom is 0.0625 e. The van der Waals surface area contributed by atoms with E-state index in [2.05, 4.69) is 53.7 Å². The van der Waals surface area contributed by atoms with Gasteiger partial charge in [-0.2, -0.15) is 5.26 Å². The van der Waals surface area contributed by atoms with E-state index in [4.69, 9.17) is 16.9 Å². The highest BCUT2D eigenvalue weighted by atomic mass is 35.5. The van der Waals surface area contributed by atoms with Gasteiger partial charge in [-0.3, -0.25) is 0 Å². The first-order valence-corrected chi connectivity index (χ1v) is 11.5. The van der Waals surface area contributed by atoms with Gasteiger partial charge < -0.3 is 15.1 Å². The lowest BCUT2D eigenvalue weighted by Crippen LogP contribution is -2.46. The highest BCUT2D eigenvalue weighted by Crippen LogP contribution is 2.25. The monoisotopic (exact) mass is 416 g/mol. The minimum atomic E-state index is 0.582. The molecule has 0 atom stereocenters. The molecular weight excluding hydrogens is 380 g/mol. The van der Waals surface area contributed by atoms with Gasteiger partial charge in [0.25, 0.3) is 0 Å². The number of nitriles is 1. The van der Waals surface area contributed by atoms with Gasteiger partial charge in [-0.15, -0.1) is 0 Å². The van der Waals surface area contributed by atoms with Crippen molar-refractivity contribution in [2.75, 3.05) is 37.6 Å². The SMILES string of the molecule is C=C(CCC#N)NC1CCCCC1.CCN1CCN(c2cc(Cl)ccc2C)CC1. The first-order chi connectivity index (χ1) is 14.0. The van der Waals surface area contributed by atoms with Crippen molar-refractivity contribution in [1.29, 1.82) is 5.26 Å². The lowest BCUT2D eigenvalue weighted by atomic mass is 9.95. The summed E-state index contributed by atoms with van der Waals surface area (Å²) in [7, 11) is 0. The van der Waals surface area contributed by atoms with Crippen LogP contribution in [0.2, 0.25) is 5.02 Å². The summed E-state index contributed by atoms with van der Waals surface area (Å²) < 4.78 is 0. The fourth-order valence-corrected chi connectivity index (χ4v) is 4.21. The van der Waals surface area contributed by atoms with E-state index in [0.717, 1.165) is 49.9 Å². The lowest BCUT2D eigenvalue weighted by molar-refractivity contribution is 0.271. The van der Waals surface area contributed by atoms with Crippen LogP contribution in [0.1, 0.15) is 57.4 Å². The number of allylic oxidation sites excluding steroid dienone is 1. The molecule has 160 valence electrons. The van der Waals surface area contributed by atoms with Gasteiger partial charge in [-0.1, -0.05) is 50.4 Å². The van der Waals surface area contributed by atoms with Crippen molar-refractivity contribution in [1.82, 2.24) is 10.2 Å². The molecule has 2 fully saturated rings. The minimum absolute atomic E-state index is 0.582. The van der Waals surface area contributed by atoms with Crippen LogP contribution in [0.5, 0.6) is 0 Å². The van der Waals surface area contributed by atoms with Crippen molar-refractivity contribution in [3.63, 3.8) is 0 Å². The molecule has 3 rings (SSSR count). The molecule has 1 saturated heterocycles. The Balaban J connectivity index is 0.000000212. The zero-order valence-electron chi connectivity index (χ0n) is 18.2. The van der Waals surface area contributed by atoms with Gasteiger partial charge in [-0.25, -0.2) is 0 Å². The number of hydrogen-bond acceptors (Lipinski definition) is 4. The predicted molar refractivity (Wildman–Crippen MR) is 125 cm³/mol. The van der Waals surface area contributed by atoms with Crippen molar-refractivity contribution in [3.8, 4) is 6.07 Å². The van der Waals surface area contributed by atoms with E-state index < -0.39 is 0 Å². The molecule has 1 aromatic carbocycles. The standard InChI is InChI=1S/C13H19ClN2.C11H18N2/c1-3-15-6-8-16(9-7-15)13-10-12(14)5-4-11(13)2;1-10(6-5-9-12)13-11-7-3-2-4-8-11/h4-5,10H,3,6-9H2,1-2H3;11,13H,1-8H2. The second-order valence-corrected chi connectivity index (χ2v) is 8.53. The summed E-state index contributed by atoms with van der Waals surface area (Å²) in [5.41, 5.74) is 3.64. The fraction of sp³-hybridized carbons (Fsp3) is 0.625. The lowest BCUT2D eigenvalue weighted by Gasteiger charge is -2.36. The van der Waals surface area contributed by atoms with E-state index in [1.807, 2.05) is 6.07 Å². The van der Waals surface area contributed by atoms with E-state index in [-0.39, 0.29) is 0 Å².